The minimum Gasteiger partial charge on any atom is -0.382 e. The average Bonchev–Trinajstić information content (AvgIpc) is 2.14. The number of rotatable bonds is 4. The summed E-state index contributed by atoms with van der Waals surface area (Å²) in [5.41, 5.74) is 1.11. The number of anilines is 1. The van der Waals surface area contributed by atoms with Crippen molar-refractivity contribution in [3.8, 4) is 0 Å². The van der Waals surface area contributed by atoms with Crippen LogP contribution in [0.1, 0.15) is 6.92 Å². The third-order valence-electron chi connectivity index (χ3n) is 1.82. The molecule has 0 saturated carbocycles. The predicted molar refractivity (Wildman–Crippen MR) is 59.1 cm³/mol. The van der Waals surface area contributed by atoms with Crippen LogP contribution in [0.4, 0.5) is 5.69 Å². The average molecular weight is 244 g/mol. The molecule has 1 rings (SSSR count). The summed E-state index contributed by atoms with van der Waals surface area (Å²) in [4.78, 5) is 0. The highest BCUT2D eigenvalue weighted by Gasteiger charge is 1.98. The van der Waals surface area contributed by atoms with Crippen LogP contribution < -0.4 is 5.32 Å². The van der Waals surface area contributed by atoms with E-state index in [1.165, 1.54) is 0 Å². The second kappa shape index (κ2) is 5.25. The van der Waals surface area contributed by atoms with Crippen LogP contribution >= 0.6 is 15.9 Å². The van der Waals surface area contributed by atoms with E-state index in [1.54, 1.807) is 7.11 Å². The Bertz CT molecular complexity index is 265. The van der Waals surface area contributed by atoms with Gasteiger partial charge in [-0.15, -0.1) is 0 Å². The molecule has 0 aliphatic carbocycles. The Hall–Kier alpha value is -0.540. The lowest BCUT2D eigenvalue weighted by atomic mass is 10.3. The molecule has 1 unspecified atom stereocenters. The number of halogens is 1. The fourth-order valence-corrected chi connectivity index (χ4v) is 1.34. The SMILES string of the molecule is COC(C)CNc1cccc(Br)c1. The van der Waals surface area contributed by atoms with Crippen LogP contribution in [0.2, 0.25) is 0 Å². The molecular weight excluding hydrogens is 230 g/mol. The summed E-state index contributed by atoms with van der Waals surface area (Å²) in [7, 11) is 1.72. The first-order valence-electron chi connectivity index (χ1n) is 4.24. The zero-order valence-corrected chi connectivity index (χ0v) is 9.47. The third kappa shape index (κ3) is 3.79. The van der Waals surface area contributed by atoms with Crippen LogP contribution in [0.15, 0.2) is 28.7 Å². The molecule has 0 amide bonds. The van der Waals surface area contributed by atoms with E-state index < -0.39 is 0 Å². The molecule has 1 aromatic carbocycles. The van der Waals surface area contributed by atoms with Crippen LogP contribution in [0.25, 0.3) is 0 Å². The summed E-state index contributed by atoms with van der Waals surface area (Å²) in [5, 5.41) is 3.28. The molecule has 0 heterocycles. The van der Waals surface area contributed by atoms with Crippen LogP contribution in [-0.2, 0) is 4.74 Å². The molecular formula is C10H14BrNO. The van der Waals surface area contributed by atoms with Crippen molar-refractivity contribution in [2.75, 3.05) is 19.0 Å². The Morgan fingerprint density at radius 1 is 1.54 bits per heavy atom. The lowest BCUT2D eigenvalue weighted by Crippen LogP contribution is -2.17. The van der Waals surface area contributed by atoms with E-state index in [-0.39, 0.29) is 6.10 Å². The van der Waals surface area contributed by atoms with Crippen LogP contribution in [0.5, 0.6) is 0 Å². The van der Waals surface area contributed by atoms with Crippen molar-refractivity contribution in [2.24, 2.45) is 0 Å². The maximum atomic E-state index is 5.13. The molecule has 1 N–H and O–H groups in total. The van der Waals surface area contributed by atoms with Gasteiger partial charge in [-0.3, -0.25) is 0 Å². The van der Waals surface area contributed by atoms with Gasteiger partial charge in [0.05, 0.1) is 6.10 Å². The van der Waals surface area contributed by atoms with E-state index in [9.17, 15) is 0 Å². The zero-order chi connectivity index (χ0) is 9.68. The van der Waals surface area contributed by atoms with Gasteiger partial charge < -0.3 is 10.1 Å². The number of methoxy groups -OCH3 is 1. The molecule has 72 valence electrons. The first kappa shape index (κ1) is 10.5. The molecule has 1 aromatic rings. The van der Waals surface area contributed by atoms with E-state index in [2.05, 4.69) is 21.2 Å². The maximum absolute atomic E-state index is 5.13. The first-order chi connectivity index (χ1) is 6.22. The normalized spacial score (nSPS) is 12.5. The molecule has 0 fully saturated rings. The van der Waals surface area contributed by atoms with Crippen molar-refractivity contribution in [3.63, 3.8) is 0 Å². The maximum Gasteiger partial charge on any atom is 0.0715 e. The first-order valence-corrected chi connectivity index (χ1v) is 5.04. The number of benzene rings is 1. The van der Waals surface area contributed by atoms with Gasteiger partial charge in [0, 0.05) is 23.8 Å². The Kier molecular flexibility index (Phi) is 4.25. The molecule has 13 heavy (non-hydrogen) atoms. The molecule has 0 aliphatic heterocycles. The third-order valence-corrected chi connectivity index (χ3v) is 2.31. The van der Waals surface area contributed by atoms with Gasteiger partial charge in [0.25, 0.3) is 0 Å². The molecule has 3 heteroatoms. The van der Waals surface area contributed by atoms with Crippen LogP contribution in [-0.4, -0.2) is 19.8 Å². The van der Waals surface area contributed by atoms with Gasteiger partial charge in [0.1, 0.15) is 0 Å². The van der Waals surface area contributed by atoms with Gasteiger partial charge in [-0.05, 0) is 25.1 Å². The van der Waals surface area contributed by atoms with Gasteiger partial charge in [-0.1, -0.05) is 22.0 Å². The van der Waals surface area contributed by atoms with Crippen molar-refractivity contribution in [2.45, 2.75) is 13.0 Å². The number of nitrogens with one attached hydrogen (secondary N) is 1. The smallest absolute Gasteiger partial charge is 0.0715 e. The van der Waals surface area contributed by atoms with Gasteiger partial charge in [0.15, 0.2) is 0 Å². The predicted octanol–water partition coefficient (Wildman–Crippen LogP) is 2.90. The standard InChI is InChI=1S/C10H14BrNO/c1-8(13-2)7-12-10-5-3-4-9(11)6-10/h3-6,8,12H,7H2,1-2H3. The van der Waals surface area contributed by atoms with Crippen LogP contribution in [0, 0.1) is 0 Å². The Labute approximate surface area is 87.4 Å². The Balaban J connectivity index is 2.45. The van der Waals surface area contributed by atoms with E-state index in [4.69, 9.17) is 4.74 Å². The fourth-order valence-electron chi connectivity index (χ4n) is 0.943. The monoisotopic (exact) mass is 243 g/mol. The number of hydrogen-bond acceptors (Lipinski definition) is 2. The number of hydrogen-bond donors (Lipinski definition) is 1. The molecule has 0 bridgehead atoms. The summed E-state index contributed by atoms with van der Waals surface area (Å²) in [6.07, 6.45) is 0.235. The second-order valence-electron chi connectivity index (χ2n) is 2.94. The van der Waals surface area contributed by atoms with E-state index in [0.29, 0.717) is 0 Å². The molecule has 0 saturated heterocycles. The summed E-state index contributed by atoms with van der Waals surface area (Å²) in [5.74, 6) is 0. The molecule has 0 spiro atoms. The second-order valence-corrected chi connectivity index (χ2v) is 3.85. The number of ether oxygens (including phenoxy) is 1. The topological polar surface area (TPSA) is 21.3 Å². The van der Waals surface area contributed by atoms with E-state index in [0.717, 1.165) is 16.7 Å². The van der Waals surface area contributed by atoms with E-state index >= 15 is 0 Å². The van der Waals surface area contributed by atoms with Crippen molar-refractivity contribution in [3.05, 3.63) is 28.7 Å². The lowest BCUT2D eigenvalue weighted by molar-refractivity contribution is 0.129. The zero-order valence-electron chi connectivity index (χ0n) is 7.88. The molecule has 2 nitrogen and oxygen atoms in total. The minimum absolute atomic E-state index is 0.235. The largest absolute Gasteiger partial charge is 0.382 e. The fraction of sp³-hybridized carbons (Fsp3) is 0.400. The van der Waals surface area contributed by atoms with Gasteiger partial charge in [0.2, 0.25) is 0 Å². The highest BCUT2D eigenvalue weighted by molar-refractivity contribution is 9.10. The quantitative estimate of drug-likeness (QED) is 0.879. The van der Waals surface area contributed by atoms with Crippen molar-refractivity contribution in [1.29, 1.82) is 0 Å². The molecule has 0 aliphatic rings. The highest BCUT2D eigenvalue weighted by Crippen LogP contribution is 2.15. The van der Waals surface area contributed by atoms with Crippen molar-refractivity contribution in [1.82, 2.24) is 0 Å². The summed E-state index contributed by atoms with van der Waals surface area (Å²) in [6.45, 7) is 2.86. The Morgan fingerprint density at radius 2 is 2.31 bits per heavy atom. The van der Waals surface area contributed by atoms with Gasteiger partial charge in [-0.2, -0.15) is 0 Å². The summed E-state index contributed by atoms with van der Waals surface area (Å²) in [6, 6.07) is 8.09. The van der Waals surface area contributed by atoms with Crippen molar-refractivity contribution < 1.29 is 4.74 Å². The van der Waals surface area contributed by atoms with Gasteiger partial charge in [-0.25, -0.2) is 0 Å². The molecule has 0 aromatic heterocycles. The van der Waals surface area contributed by atoms with Crippen LogP contribution in [0.3, 0.4) is 0 Å². The molecule has 0 radical (unpaired) electrons. The Morgan fingerprint density at radius 3 is 2.92 bits per heavy atom. The van der Waals surface area contributed by atoms with Crippen molar-refractivity contribution >= 4 is 21.6 Å². The molecule has 1 atom stereocenters. The summed E-state index contributed by atoms with van der Waals surface area (Å²) < 4.78 is 6.21. The lowest BCUT2D eigenvalue weighted by Gasteiger charge is -2.11. The minimum atomic E-state index is 0.235. The highest BCUT2D eigenvalue weighted by atomic mass is 79.9. The van der Waals surface area contributed by atoms with Gasteiger partial charge >= 0.3 is 0 Å². The summed E-state index contributed by atoms with van der Waals surface area (Å²) >= 11 is 3.41. The van der Waals surface area contributed by atoms with E-state index in [1.807, 2.05) is 31.2 Å².